The summed E-state index contributed by atoms with van der Waals surface area (Å²) in [5.41, 5.74) is 11.2. The highest BCUT2D eigenvalue weighted by atomic mass is 15.1. The van der Waals surface area contributed by atoms with Gasteiger partial charge in [-0.15, -0.1) is 0 Å². The molecule has 0 spiro atoms. The lowest BCUT2D eigenvalue weighted by molar-refractivity contribution is 0.975. The molecule has 3 rings (SSSR count). The van der Waals surface area contributed by atoms with Crippen LogP contribution in [0.2, 0.25) is 0 Å². The van der Waals surface area contributed by atoms with Crippen LogP contribution in [-0.4, -0.2) is 26.9 Å². The van der Waals surface area contributed by atoms with Crippen molar-refractivity contribution in [1.82, 2.24) is 15.0 Å². The second-order valence-electron chi connectivity index (χ2n) is 6.34. The maximum atomic E-state index is 9.27. The van der Waals surface area contributed by atoms with Crippen molar-refractivity contribution in [3.05, 3.63) is 70.7 Å². The van der Waals surface area contributed by atoms with Crippen molar-refractivity contribution in [1.29, 1.82) is 5.26 Å². The third kappa shape index (κ3) is 4.59. The number of hydrogen-bond acceptors (Lipinski definition) is 8. The SMILES string of the molecule is Cc1cccc(CN=CC(=NN)c2cc(-c3cccc(C#N)c3C)nc(N)n2)n1. The zero-order valence-corrected chi connectivity index (χ0v) is 16.2. The van der Waals surface area contributed by atoms with Crippen LogP contribution in [0.5, 0.6) is 0 Å². The molecular formula is C21H20N8. The Hall–Kier alpha value is -4.12. The fourth-order valence-electron chi connectivity index (χ4n) is 2.85. The number of rotatable bonds is 5. The maximum absolute atomic E-state index is 9.27. The molecule has 0 saturated heterocycles. The van der Waals surface area contributed by atoms with Gasteiger partial charge in [-0.3, -0.25) is 9.98 Å². The number of nitrogens with two attached hydrogens (primary N) is 2. The largest absolute Gasteiger partial charge is 0.368 e. The highest BCUT2D eigenvalue weighted by Crippen LogP contribution is 2.25. The molecule has 0 amide bonds. The van der Waals surface area contributed by atoms with E-state index >= 15 is 0 Å². The van der Waals surface area contributed by atoms with E-state index in [2.05, 4.69) is 31.1 Å². The molecule has 8 nitrogen and oxygen atoms in total. The van der Waals surface area contributed by atoms with Crippen molar-refractivity contribution in [2.75, 3.05) is 5.73 Å². The van der Waals surface area contributed by atoms with Crippen LogP contribution in [0.25, 0.3) is 11.3 Å². The number of benzene rings is 1. The fourth-order valence-corrected chi connectivity index (χ4v) is 2.85. The van der Waals surface area contributed by atoms with Gasteiger partial charge in [-0.2, -0.15) is 10.4 Å². The summed E-state index contributed by atoms with van der Waals surface area (Å²) in [6, 6.07) is 15.1. The van der Waals surface area contributed by atoms with Gasteiger partial charge < -0.3 is 11.6 Å². The summed E-state index contributed by atoms with van der Waals surface area (Å²) in [4.78, 5) is 17.3. The average Bonchev–Trinajstić information content (AvgIpc) is 2.71. The molecule has 1 aromatic carbocycles. The van der Waals surface area contributed by atoms with Crippen molar-refractivity contribution < 1.29 is 0 Å². The van der Waals surface area contributed by atoms with E-state index in [0.717, 1.165) is 22.5 Å². The zero-order chi connectivity index (χ0) is 20.8. The monoisotopic (exact) mass is 384 g/mol. The number of nitrogens with zero attached hydrogens (tertiary/aromatic N) is 6. The third-order valence-corrected chi connectivity index (χ3v) is 4.29. The number of hydrazone groups is 1. The van der Waals surface area contributed by atoms with Crippen molar-refractivity contribution >= 4 is 17.9 Å². The number of nitriles is 1. The summed E-state index contributed by atoms with van der Waals surface area (Å²) in [5, 5.41) is 13.1. The Balaban J connectivity index is 1.92. The minimum absolute atomic E-state index is 0.0779. The quantitative estimate of drug-likeness (QED) is 0.394. The number of aryl methyl sites for hydroxylation is 1. The number of aromatic nitrogens is 3. The van der Waals surface area contributed by atoms with Crippen molar-refractivity contribution in [2.45, 2.75) is 20.4 Å². The summed E-state index contributed by atoms with van der Waals surface area (Å²) in [5.74, 6) is 5.64. The van der Waals surface area contributed by atoms with Gasteiger partial charge in [0.2, 0.25) is 5.95 Å². The molecule has 3 aromatic rings. The second-order valence-corrected chi connectivity index (χ2v) is 6.34. The molecule has 0 saturated carbocycles. The van der Waals surface area contributed by atoms with Gasteiger partial charge >= 0.3 is 0 Å². The fraction of sp³-hybridized carbons (Fsp3) is 0.143. The van der Waals surface area contributed by atoms with Crippen LogP contribution in [-0.2, 0) is 6.54 Å². The molecule has 2 heterocycles. The van der Waals surface area contributed by atoms with Crippen LogP contribution in [0.1, 0.15) is 28.2 Å². The summed E-state index contributed by atoms with van der Waals surface area (Å²) >= 11 is 0. The molecule has 0 unspecified atom stereocenters. The highest BCUT2D eigenvalue weighted by Gasteiger charge is 2.12. The Morgan fingerprint density at radius 1 is 1.14 bits per heavy atom. The summed E-state index contributed by atoms with van der Waals surface area (Å²) < 4.78 is 0. The third-order valence-electron chi connectivity index (χ3n) is 4.29. The number of hydrogen-bond donors (Lipinski definition) is 2. The smallest absolute Gasteiger partial charge is 0.221 e. The minimum Gasteiger partial charge on any atom is -0.368 e. The lowest BCUT2D eigenvalue weighted by Crippen LogP contribution is -2.12. The van der Waals surface area contributed by atoms with E-state index in [0.29, 0.717) is 29.2 Å². The van der Waals surface area contributed by atoms with E-state index in [4.69, 9.17) is 11.6 Å². The van der Waals surface area contributed by atoms with E-state index in [1.807, 2.05) is 38.1 Å². The predicted molar refractivity (Wildman–Crippen MR) is 113 cm³/mol. The number of pyridine rings is 1. The van der Waals surface area contributed by atoms with E-state index in [9.17, 15) is 5.26 Å². The molecule has 0 fully saturated rings. The number of nitrogen functional groups attached to an aromatic ring is 1. The van der Waals surface area contributed by atoms with Crippen molar-refractivity contribution in [3.63, 3.8) is 0 Å². The molecule has 144 valence electrons. The average molecular weight is 384 g/mol. The van der Waals surface area contributed by atoms with Crippen LogP contribution in [0.4, 0.5) is 5.95 Å². The van der Waals surface area contributed by atoms with E-state index in [1.165, 1.54) is 6.21 Å². The van der Waals surface area contributed by atoms with Gasteiger partial charge in [-0.1, -0.05) is 18.2 Å². The topological polar surface area (TPSA) is 139 Å². The molecule has 29 heavy (non-hydrogen) atoms. The first kappa shape index (κ1) is 19.6. The van der Waals surface area contributed by atoms with Gasteiger partial charge in [0.25, 0.3) is 0 Å². The van der Waals surface area contributed by atoms with Crippen LogP contribution < -0.4 is 11.6 Å². The molecule has 2 aromatic heterocycles. The first-order valence-electron chi connectivity index (χ1n) is 8.87. The Morgan fingerprint density at radius 2 is 1.93 bits per heavy atom. The number of anilines is 1. The number of aliphatic imine (C=N–C) groups is 1. The molecule has 0 bridgehead atoms. The molecular weight excluding hydrogens is 364 g/mol. The maximum Gasteiger partial charge on any atom is 0.221 e. The van der Waals surface area contributed by atoms with Gasteiger partial charge in [0.15, 0.2) is 0 Å². The first-order chi connectivity index (χ1) is 14.0. The van der Waals surface area contributed by atoms with Gasteiger partial charge in [-0.25, -0.2) is 9.97 Å². The van der Waals surface area contributed by atoms with Crippen LogP contribution in [0.3, 0.4) is 0 Å². The normalized spacial score (nSPS) is 11.6. The Kier molecular flexibility index (Phi) is 5.90. The molecule has 0 radical (unpaired) electrons. The lowest BCUT2D eigenvalue weighted by Gasteiger charge is -2.09. The zero-order valence-electron chi connectivity index (χ0n) is 16.2. The van der Waals surface area contributed by atoms with E-state index in [1.54, 1.807) is 18.2 Å². The summed E-state index contributed by atoms with van der Waals surface area (Å²) in [6.45, 7) is 4.17. The van der Waals surface area contributed by atoms with Gasteiger partial charge in [0.05, 0.1) is 41.5 Å². The first-order valence-corrected chi connectivity index (χ1v) is 8.87. The van der Waals surface area contributed by atoms with Gasteiger partial charge in [0, 0.05) is 11.3 Å². The summed E-state index contributed by atoms with van der Waals surface area (Å²) in [6.07, 6.45) is 1.54. The second kappa shape index (κ2) is 8.71. The van der Waals surface area contributed by atoms with Crippen LogP contribution in [0, 0.1) is 25.2 Å². The molecule has 0 aliphatic carbocycles. The predicted octanol–water partition coefficient (Wildman–Crippen LogP) is 2.54. The standard InChI is InChI=1S/C21H20N8/c1-13-5-3-7-16(26-13)11-25-12-20(29-24)19-9-18(27-21(23)28-19)17-8-4-6-15(10-22)14(17)2/h3-9,12H,11,24H2,1-2H3,(H2,23,27,28). The Bertz CT molecular complexity index is 1140. The Labute approximate surface area is 168 Å². The van der Waals surface area contributed by atoms with Crippen LogP contribution in [0.15, 0.2) is 52.6 Å². The molecule has 0 aliphatic rings. The van der Waals surface area contributed by atoms with Crippen molar-refractivity contribution in [3.8, 4) is 17.3 Å². The minimum atomic E-state index is 0.0779. The lowest BCUT2D eigenvalue weighted by atomic mass is 10.00. The van der Waals surface area contributed by atoms with Crippen molar-refractivity contribution in [2.24, 2.45) is 15.9 Å². The Morgan fingerprint density at radius 3 is 2.66 bits per heavy atom. The summed E-state index contributed by atoms with van der Waals surface area (Å²) in [7, 11) is 0. The molecule has 0 aliphatic heterocycles. The molecule has 0 atom stereocenters. The van der Waals surface area contributed by atoms with E-state index < -0.39 is 0 Å². The van der Waals surface area contributed by atoms with Crippen LogP contribution >= 0.6 is 0 Å². The molecule has 8 heteroatoms. The molecule has 4 N–H and O–H groups in total. The van der Waals surface area contributed by atoms with E-state index in [-0.39, 0.29) is 5.95 Å². The van der Waals surface area contributed by atoms with Gasteiger partial charge in [0.1, 0.15) is 5.71 Å². The van der Waals surface area contributed by atoms with Gasteiger partial charge in [-0.05, 0) is 43.7 Å². The highest BCUT2D eigenvalue weighted by molar-refractivity contribution is 6.37.